The summed E-state index contributed by atoms with van der Waals surface area (Å²) in [4.78, 5) is 8.82. The molecule has 1 aliphatic heterocycles. The predicted molar refractivity (Wildman–Crippen MR) is 133 cm³/mol. The highest BCUT2D eigenvalue weighted by Crippen LogP contribution is 2.28. The molecule has 1 fully saturated rings. The van der Waals surface area contributed by atoms with Crippen molar-refractivity contribution < 1.29 is 13.2 Å². The highest BCUT2D eigenvalue weighted by Gasteiger charge is 2.21. The Morgan fingerprint density at radius 3 is 2.50 bits per heavy atom. The summed E-state index contributed by atoms with van der Waals surface area (Å²) in [7, 11) is -0.00566. The predicted octanol–water partition coefficient (Wildman–Crippen LogP) is 2.05. The summed E-state index contributed by atoms with van der Waals surface area (Å²) in [6, 6.07) is 11.4. The maximum atomic E-state index is 12.1. The van der Waals surface area contributed by atoms with Crippen molar-refractivity contribution in [3.05, 3.63) is 41.8 Å². The first-order valence-electron chi connectivity index (χ1n) is 9.42. The molecule has 0 bridgehead atoms. The molecule has 0 saturated carbocycles. The number of guanidine groups is 1. The van der Waals surface area contributed by atoms with E-state index in [-0.39, 0.29) is 24.0 Å². The SMILES string of the molecule is CN=C(NCCNS(=O)(=O)c1cccs1)N1CCN(c2ccccc2OC)CC1.I. The molecule has 11 heteroatoms. The van der Waals surface area contributed by atoms with Crippen molar-refractivity contribution >= 4 is 57.0 Å². The molecule has 1 saturated heterocycles. The molecule has 2 aromatic rings. The second-order valence-corrected chi connectivity index (χ2v) is 9.39. The summed E-state index contributed by atoms with van der Waals surface area (Å²) in [5, 5.41) is 4.99. The fourth-order valence-electron chi connectivity index (χ4n) is 3.23. The number of para-hydroxylation sites is 2. The molecule has 1 aromatic carbocycles. The van der Waals surface area contributed by atoms with E-state index < -0.39 is 10.0 Å². The third-order valence-electron chi connectivity index (χ3n) is 4.68. The number of aliphatic imine (C=N–C) groups is 1. The zero-order chi connectivity index (χ0) is 20.7. The molecule has 0 atom stereocenters. The lowest BCUT2D eigenvalue weighted by Gasteiger charge is -2.38. The summed E-state index contributed by atoms with van der Waals surface area (Å²) in [6.07, 6.45) is 0. The number of anilines is 1. The first kappa shape index (κ1) is 24.7. The van der Waals surface area contributed by atoms with Crippen LogP contribution in [0.2, 0.25) is 0 Å². The van der Waals surface area contributed by atoms with Crippen LogP contribution in [0, 0.1) is 0 Å². The Balaban J connectivity index is 0.00000320. The average Bonchev–Trinajstić information content (AvgIpc) is 3.30. The van der Waals surface area contributed by atoms with Crippen LogP contribution in [-0.4, -0.2) is 72.7 Å². The molecule has 3 rings (SSSR count). The lowest BCUT2D eigenvalue weighted by atomic mass is 10.2. The fourth-order valence-corrected chi connectivity index (χ4v) is 5.30. The molecule has 0 spiro atoms. The van der Waals surface area contributed by atoms with Crippen LogP contribution >= 0.6 is 35.3 Å². The fraction of sp³-hybridized carbons (Fsp3) is 0.421. The van der Waals surface area contributed by atoms with Crippen LogP contribution in [0.15, 0.2) is 51.0 Å². The first-order valence-corrected chi connectivity index (χ1v) is 11.8. The number of halogens is 1. The Labute approximate surface area is 199 Å². The topological polar surface area (TPSA) is 86.3 Å². The van der Waals surface area contributed by atoms with Crippen LogP contribution in [0.25, 0.3) is 0 Å². The van der Waals surface area contributed by atoms with Crippen molar-refractivity contribution in [3.63, 3.8) is 0 Å². The van der Waals surface area contributed by atoms with Crippen molar-refractivity contribution in [2.75, 3.05) is 58.3 Å². The monoisotopic (exact) mass is 565 g/mol. The normalized spacial score (nSPS) is 14.9. The van der Waals surface area contributed by atoms with E-state index in [2.05, 4.69) is 30.9 Å². The van der Waals surface area contributed by atoms with Gasteiger partial charge in [-0.3, -0.25) is 4.99 Å². The Bertz CT molecular complexity index is 914. The van der Waals surface area contributed by atoms with Gasteiger partial charge in [0.2, 0.25) is 10.0 Å². The third-order valence-corrected chi connectivity index (χ3v) is 7.54. The van der Waals surface area contributed by atoms with Crippen LogP contribution in [0.4, 0.5) is 5.69 Å². The minimum Gasteiger partial charge on any atom is -0.495 e. The largest absolute Gasteiger partial charge is 0.495 e. The van der Waals surface area contributed by atoms with Crippen molar-refractivity contribution in [2.24, 2.45) is 4.99 Å². The summed E-state index contributed by atoms with van der Waals surface area (Å²) in [5.41, 5.74) is 1.10. The smallest absolute Gasteiger partial charge is 0.250 e. The average molecular weight is 566 g/mol. The van der Waals surface area contributed by atoms with Gasteiger partial charge in [0.1, 0.15) is 9.96 Å². The Morgan fingerprint density at radius 1 is 1.13 bits per heavy atom. The number of piperazine rings is 1. The number of nitrogens with zero attached hydrogens (tertiary/aromatic N) is 3. The van der Waals surface area contributed by atoms with Gasteiger partial charge in [0.25, 0.3) is 0 Å². The molecule has 1 aromatic heterocycles. The van der Waals surface area contributed by atoms with Crippen LogP contribution in [0.3, 0.4) is 0 Å². The first-order chi connectivity index (χ1) is 14.0. The maximum absolute atomic E-state index is 12.1. The van der Waals surface area contributed by atoms with Gasteiger partial charge >= 0.3 is 0 Å². The van der Waals surface area contributed by atoms with E-state index in [1.807, 2.05) is 18.2 Å². The summed E-state index contributed by atoms with van der Waals surface area (Å²) < 4.78 is 32.7. The van der Waals surface area contributed by atoms with Crippen LogP contribution in [0.1, 0.15) is 0 Å². The number of rotatable bonds is 7. The van der Waals surface area contributed by atoms with Crippen molar-refractivity contribution in [2.45, 2.75) is 4.21 Å². The zero-order valence-corrected chi connectivity index (χ0v) is 21.0. The van der Waals surface area contributed by atoms with Gasteiger partial charge in [0.05, 0.1) is 12.8 Å². The molecule has 0 amide bonds. The summed E-state index contributed by atoms with van der Waals surface area (Å²) >= 11 is 1.21. The van der Waals surface area contributed by atoms with E-state index in [0.29, 0.717) is 17.3 Å². The molecule has 0 unspecified atom stereocenters. The lowest BCUT2D eigenvalue weighted by molar-refractivity contribution is 0.367. The van der Waals surface area contributed by atoms with E-state index in [1.54, 1.807) is 31.7 Å². The van der Waals surface area contributed by atoms with E-state index in [0.717, 1.165) is 43.6 Å². The molecule has 0 aliphatic carbocycles. The van der Waals surface area contributed by atoms with Gasteiger partial charge in [-0.1, -0.05) is 18.2 Å². The Hall–Kier alpha value is -1.57. The van der Waals surface area contributed by atoms with Crippen LogP contribution < -0.4 is 19.7 Å². The van der Waals surface area contributed by atoms with Crippen LogP contribution in [-0.2, 0) is 10.0 Å². The number of nitrogens with one attached hydrogen (secondary N) is 2. The Morgan fingerprint density at radius 2 is 1.87 bits per heavy atom. The molecule has 2 N–H and O–H groups in total. The molecule has 0 radical (unpaired) electrons. The van der Waals surface area contributed by atoms with Gasteiger partial charge in [0, 0.05) is 46.3 Å². The maximum Gasteiger partial charge on any atom is 0.250 e. The van der Waals surface area contributed by atoms with Gasteiger partial charge in [0.15, 0.2) is 5.96 Å². The van der Waals surface area contributed by atoms with Gasteiger partial charge < -0.3 is 19.9 Å². The zero-order valence-electron chi connectivity index (χ0n) is 17.1. The Kier molecular flexibility index (Phi) is 9.65. The molecular formula is C19H28IN5O3S2. The van der Waals surface area contributed by atoms with E-state index in [1.165, 1.54) is 11.3 Å². The highest BCUT2D eigenvalue weighted by atomic mass is 127. The summed E-state index contributed by atoms with van der Waals surface area (Å²) in [5.74, 6) is 1.65. The standard InChI is InChI=1S/C19H27N5O3S2.HI/c1-20-19(21-9-10-22-29(25,26)18-8-5-15-28-18)24-13-11-23(12-14-24)16-6-3-4-7-17(16)27-2;/h3-8,15,22H,9-14H2,1-2H3,(H,20,21);1H. The summed E-state index contributed by atoms with van der Waals surface area (Å²) in [6.45, 7) is 4.10. The molecule has 8 nitrogen and oxygen atoms in total. The second-order valence-electron chi connectivity index (χ2n) is 6.45. The highest BCUT2D eigenvalue weighted by molar-refractivity contribution is 14.0. The minimum absolute atomic E-state index is 0. The quantitative estimate of drug-likeness (QED) is 0.232. The van der Waals surface area contributed by atoms with Gasteiger partial charge in [-0.25, -0.2) is 13.1 Å². The number of hydrogen-bond acceptors (Lipinski definition) is 6. The van der Waals surface area contributed by atoms with E-state index in [4.69, 9.17) is 4.74 Å². The molecule has 2 heterocycles. The van der Waals surface area contributed by atoms with Gasteiger partial charge in [-0.05, 0) is 23.6 Å². The van der Waals surface area contributed by atoms with Gasteiger partial charge in [-0.2, -0.15) is 0 Å². The van der Waals surface area contributed by atoms with Crippen molar-refractivity contribution in [3.8, 4) is 5.75 Å². The van der Waals surface area contributed by atoms with Crippen LogP contribution in [0.5, 0.6) is 5.75 Å². The molecule has 1 aliphatic rings. The lowest BCUT2D eigenvalue weighted by Crippen LogP contribution is -2.53. The van der Waals surface area contributed by atoms with Crippen molar-refractivity contribution in [1.29, 1.82) is 0 Å². The third kappa shape index (κ3) is 6.22. The van der Waals surface area contributed by atoms with Crippen molar-refractivity contribution in [1.82, 2.24) is 14.9 Å². The number of ether oxygens (including phenoxy) is 1. The minimum atomic E-state index is -3.43. The molecular weight excluding hydrogens is 537 g/mol. The number of benzene rings is 1. The van der Waals surface area contributed by atoms with E-state index in [9.17, 15) is 8.42 Å². The number of thiophene rings is 1. The molecule has 166 valence electrons. The number of sulfonamides is 1. The molecule has 30 heavy (non-hydrogen) atoms. The van der Waals surface area contributed by atoms with Gasteiger partial charge in [-0.15, -0.1) is 35.3 Å². The number of methoxy groups -OCH3 is 1. The second kappa shape index (κ2) is 11.7. The number of hydrogen-bond donors (Lipinski definition) is 2. The van der Waals surface area contributed by atoms with E-state index >= 15 is 0 Å².